The van der Waals surface area contributed by atoms with Crippen LogP contribution in [0.2, 0.25) is 0 Å². The first kappa shape index (κ1) is 33.8. The number of anilines is 2. The molecule has 0 saturated carbocycles. The Morgan fingerprint density at radius 2 is 1.51 bits per heavy atom. The smallest absolute Gasteiger partial charge is 0.870 e. The minimum Gasteiger partial charge on any atom is -0.870 e. The summed E-state index contributed by atoms with van der Waals surface area (Å²) in [6.45, 7) is 3.39. The van der Waals surface area contributed by atoms with Gasteiger partial charge in [-0.25, -0.2) is 8.42 Å². The standard InChI is InChI=1S/C31H26N4O7S2.Na/c1-19-8-3-6-13-27(19)32-31(37)26-16-21-9-4-5-12-25(21)29(30(26)36)34-33-22-15-14-20(2)28(18-22)43(38,39)35-23-10-7-11-24(17-23)44(40,41)42;/h3-18,35-36H,1-2H3,(H,32,37)(H,40,41,42);/q;+1/p-1. The van der Waals surface area contributed by atoms with Gasteiger partial charge in [0.05, 0.1) is 26.9 Å². The van der Waals surface area contributed by atoms with Gasteiger partial charge in [0.2, 0.25) is 0 Å². The second-order valence-electron chi connectivity index (χ2n) is 9.85. The van der Waals surface area contributed by atoms with E-state index in [1.165, 1.54) is 36.4 Å². The summed E-state index contributed by atoms with van der Waals surface area (Å²) in [7, 11) is -8.80. The minimum atomic E-state index is -4.55. The number of carbonyl (C=O) groups is 1. The average Bonchev–Trinajstić information content (AvgIpc) is 2.97. The minimum absolute atomic E-state index is 0. The average molecular weight is 653 g/mol. The van der Waals surface area contributed by atoms with Crippen molar-refractivity contribution in [3.63, 3.8) is 0 Å². The molecular formula is C31H25N4NaO7S2. The van der Waals surface area contributed by atoms with Crippen molar-refractivity contribution in [2.75, 3.05) is 10.0 Å². The second kappa shape index (κ2) is 13.5. The maximum atomic E-state index is 13.5. The molecule has 5 rings (SSSR count). The molecule has 5 aromatic rings. The quantitative estimate of drug-likeness (QED) is 0.131. The maximum absolute atomic E-state index is 13.5. The van der Waals surface area contributed by atoms with Gasteiger partial charge in [0, 0.05) is 16.6 Å². The van der Waals surface area contributed by atoms with Crippen molar-refractivity contribution in [3.8, 4) is 5.75 Å². The van der Waals surface area contributed by atoms with Crippen LogP contribution in [0.4, 0.5) is 22.7 Å². The molecule has 0 aliphatic carbocycles. The number of fused-ring (bicyclic) bond motifs is 1. The number of azo groups is 1. The van der Waals surface area contributed by atoms with Gasteiger partial charge in [-0.15, -0.1) is 0 Å². The van der Waals surface area contributed by atoms with Gasteiger partial charge in [-0.05, 0) is 72.8 Å². The Kier molecular flexibility index (Phi) is 10.1. The van der Waals surface area contributed by atoms with E-state index in [2.05, 4.69) is 20.3 Å². The number of nitrogens with zero attached hydrogens (tertiary/aromatic N) is 2. The zero-order valence-corrected chi connectivity index (χ0v) is 28.0. The zero-order valence-electron chi connectivity index (χ0n) is 24.3. The third kappa shape index (κ3) is 7.59. The molecule has 0 atom stereocenters. The van der Waals surface area contributed by atoms with E-state index in [-0.39, 0.29) is 57.1 Å². The summed E-state index contributed by atoms with van der Waals surface area (Å²) >= 11 is 0. The molecule has 45 heavy (non-hydrogen) atoms. The van der Waals surface area contributed by atoms with Crippen LogP contribution in [0, 0.1) is 13.8 Å². The fourth-order valence-corrected chi connectivity index (χ4v) is 6.30. The first-order valence-electron chi connectivity index (χ1n) is 13.1. The normalized spacial score (nSPS) is 11.7. The SMILES string of the molecule is Cc1ccccc1NC(=O)c1cc2ccccc2c(N=Nc2ccc(C)c(S(=O)(=O)Nc3cccc(S(=O)(=O)O)c3)c2)c1[O-].[Na+]. The molecule has 0 heterocycles. The third-order valence-corrected chi connectivity index (χ3v) is 9.10. The van der Waals surface area contributed by atoms with Crippen LogP contribution in [0.1, 0.15) is 21.5 Å². The van der Waals surface area contributed by atoms with Crippen molar-refractivity contribution in [1.29, 1.82) is 0 Å². The number of hydrogen-bond donors (Lipinski definition) is 3. The van der Waals surface area contributed by atoms with Gasteiger partial charge in [-0.2, -0.15) is 18.6 Å². The molecular weight excluding hydrogens is 627 g/mol. The number of hydrogen-bond acceptors (Lipinski definition) is 8. The Balaban J connectivity index is 0.00000461. The van der Waals surface area contributed by atoms with Gasteiger partial charge < -0.3 is 10.4 Å². The summed E-state index contributed by atoms with van der Waals surface area (Å²) in [4.78, 5) is 12.5. The number of para-hydroxylation sites is 1. The molecule has 0 aliphatic heterocycles. The van der Waals surface area contributed by atoms with Gasteiger partial charge in [0.1, 0.15) is 0 Å². The fraction of sp³-hybridized carbons (Fsp3) is 0.0645. The molecule has 1 amide bonds. The molecule has 0 aromatic heterocycles. The number of sulfonamides is 1. The number of nitrogens with one attached hydrogen (secondary N) is 2. The first-order valence-corrected chi connectivity index (χ1v) is 16.0. The van der Waals surface area contributed by atoms with E-state index in [1.54, 1.807) is 43.3 Å². The number of rotatable bonds is 8. The van der Waals surface area contributed by atoms with E-state index in [0.29, 0.717) is 22.0 Å². The summed E-state index contributed by atoms with van der Waals surface area (Å²) in [5.74, 6) is -1.27. The monoisotopic (exact) mass is 652 g/mol. The van der Waals surface area contributed by atoms with E-state index in [9.17, 15) is 31.3 Å². The van der Waals surface area contributed by atoms with E-state index >= 15 is 0 Å². The molecule has 11 nitrogen and oxygen atoms in total. The second-order valence-corrected chi connectivity index (χ2v) is 12.9. The molecule has 0 aliphatic rings. The third-order valence-electron chi connectivity index (χ3n) is 6.72. The molecule has 5 aromatic carbocycles. The van der Waals surface area contributed by atoms with Crippen LogP contribution in [0.5, 0.6) is 5.75 Å². The summed E-state index contributed by atoms with van der Waals surface area (Å²) in [5.41, 5.74) is 1.51. The summed E-state index contributed by atoms with van der Waals surface area (Å²) in [5, 5.41) is 25.6. The molecule has 14 heteroatoms. The largest absolute Gasteiger partial charge is 1.00 e. The van der Waals surface area contributed by atoms with E-state index in [0.717, 1.165) is 17.7 Å². The Labute approximate surface area is 282 Å². The number of benzene rings is 5. The van der Waals surface area contributed by atoms with Crippen molar-refractivity contribution in [2.45, 2.75) is 23.6 Å². The Hall–Kier alpha value is -4.11. The number of aryl methyl sites for hydroxylation is 2. The van der Waals surface area contributed by atoms with Crippen molar-refractivity contribution >= 4 is 59.6 Å². The first-order chi connectivity index (χ1) is 20.8. The van der Waals surface area contributed by atoms with Gasteiger partial charge in [-0.3, -0.25) is 14.1 Å². The van der Waals surface area contributed by atoms with Crippen LogP contribution in [0.3, 0.4) is 0 Å². The molecule has 0 radical (unpaired) electrons. The Bertz CT molecular complexity index is 2190. The molecule has 0 unspecified atom stereocenters. The van der Waals surface area contributed by atoms with E-state index in [1.807, 2.05) is 19.1 Å². The number of carbonyl (C=O) groups excluding carboxylic acids is 1. The van der Waals surface area contributed by atoms with Gasteiger partial charge in [-0.1, -0.05) is 60.3 Å². The molecule has 3 N–H and O–H groups in total. The van der Waals surface area contributed by atoms with Gasteiger partial charge >= 0.3 is 29.6 Å². The predicted octanol–water partition coefficient (Wildman–Crippen LogP) is 3.25. The molecule has 0 bridgehead atoms. The number of amides is 1. The fourth-order valence-electron chi connectivity index (χ4n) is 4.46. The predicted molar refractivity (Wildman–Crippen MR) is 165 cm³/mol. The topological polar surface area (TPSA) is 177 Å². The molecule has 0 fully saturated rings. The summed E-state index contributed by atoms with van der Waals surface area (Å²) < 4.78 is 61.0. The summed E-state index contributed by atoms with van der Waals surface area (Å²) in [6, 6.07) is 24.5. The van der Waals surface area contributed by atoms with Crippen molar-refractivity contribution in [3.05, 3.63) is 114 Å². The maximum Gasteiger partial charge on any atom is 1.00 e. The van der Waals surface area contributed by atoms with Crippen LogP contribution in [0.25, 0.3) is 10.8 Å². The van der Waals surface area contributed by atoms with E-state index in [4.69, 9.17) is 0 Å². The van der Waals surface area contributed by atoms with Crippen LogP contribution < -0.4 is 44.7 Å². The molecule has 224 valence electrons. The zero-order chi connectivity index (χ0) is 31.6. The molecule has 0 saturated heterocycles. The molecule has 0 spiro atoms. The van der Waals surface area contributed by atoms with Crippen molar-refractivity contribution < 1.29 is 60.8 Å². The van der Waals surface area contributed by atoms with Crippen LogP contribution in [-0.4, -0.2) is 27.3 Å². The summed E-state index contributed by atoms with van der Waals surface area (Å²) in [6.07, 6.45) is 0. The van der Waals surface area contributed by atoms with E-state index < -0.39 is 36.7 Å². The van der Waals surface area contributed by atoms with Gasteiger partial charge in [0.25, 0.3) is 26.0 Å². The van der Waals surface area contributed by atoms with Gasteiger partial charge in [0.15, 0.2) is 0 Å². The Morgan fingerprint density at radius 3 is 2.24 bits per heavy atom. The van der Waals surface area contributed by atoms with Crippen LogP contribution in [0.15, 0.2) is 117 Å². The van der Waals surface area contributed by atoms with Crippen LogP contribution >= 0.6 is 0 Å². The van der Waals surface area contributed by atoms with Crippen LogP contribution in [-0.2, 0) is 20.1 Å². The Morgan fingerprint density at radius 1 is 0.800 bits per heavy atom. The van der Waals surface area contributed by atoms with Crippen molar-refractivity contribution in [1.82, 2.24) is 0 Å². The van der Waals surface area contributed by atoms with Crippen molar-refractivity contribution in [2.24, 2.45) is 10.2 Å².